The average Bonchev–Trinajstić information content (AvgIpc) is 3.43. The summed E-state index contributed by atoms with van der Waals surface area (Å²) in [6, 6.07) is 38.9. The second-order valence-corrected chi connectivity index (χ2v) is 8.38. The van der Waals surface area contributed by atoms with Crippen molar-refractivity contribution in [1.82, 2.24) is 0 Å². The van der Waals surface area contributed by atoms with Gasteiger partial charge in [-0.1, -0.05) is 103 Å². The Morgan fingerprint density at radius 2 is 1.12 bits per heavy atom. The Morgan fingerprint density at radius 1 is 0.469 bits per heavy atom. The molecule has 0 N–H and O–H groups in total. The van der Waals surface area contributed by atoms with Crippen molar-refractivity contribution in [3.8, 4) is 22.3 Å². The second-order valence-electron chi connectivity index (χ2n) is 8.38. The highest BCUT2D eigenvalue weighted by molar-refractivity contribution is 5.86. The summed E-state index contributed by atoms with van der Waals surface area (Å²) < 4.78 is 0. The van der Waals surface area contributed by atoms with Gasteiger partial charge in [-0.2, -0.15) is 0 Å². The number of nitrogens with zero attached hydrogens (tertiary/aromatic N) is 1. The molecule has 0 amide bonds. The van der Waals surface area contributed by atoms with E-state index in [9.17, 15) is 0 Å². The lowest BCUT2D eigenvalue weighted by atomic mass is 9.92. The molecule has 0 spiro atoms. The monoisotopic (exact) mass is 405 g/mol. The van der Waals surface area contributed by atoms with Crippen molar-refractivity contribution in [3.63, 3.8) is 0 Å². The summed E-state index contributed by atoms with van der Waals surface area (Å²) in [4.78, 5) is 5.02. The van der Waals surface area contributed by atoms with Gasteiger partial charge in [-0.3, -0.25) is 0 Å². The molecule has 0 saturated heterocycles. The predicted octanol–water partition coefficient (Wildman–Crippen LogP) is 6.00. The van der Waals surface area contributed by atoms with Crippen LogP contribution < -0.4 is 10.6 Å². The quantitative estimate of drug-likeness (QED) is 0.334. The summed E-state index contributed by atoms with van der Waals surface area (Å²) in [6.45, 7) is 0. The molecule has 32 heavy (non-hydrogen) atoms. The van der Waals surface area contributed by atoms with Crippen LogP contribution in [0.3, 0.4) is 0 Å². The first-order valence-corrected chi connectivity index (χ1v) is 11.0. The molecule has 1 aliphatic carbocycles. The van der Waals surface area contributed by atoms with Crippen molar-refractivity contribution in [3.05, 3.63) is 146 Å². The largest absolute Gasteiger partial charge is 0.247 e. The van der Waals surface area contributed by atoms with Crippen LogP contribution in [0.2, 0.25) is 0 Å². The zero-order valence-electron chi connectivity index (χ0n) is 17.4. The lowest BCUT2D eigenvalue weighted by molar-refractivity contribution is 1.36. The van der Waals surface area contributed by atoms with Crippen LogP contribution in [0.4, 0.5) is 5.69 Å². The molecule has 5 aromatic rings. The van der Waals surface area contributed by atoms with E-state index in [1.165, 1.54) is 53.9 Å². The minimum atomic E-state index is 1.06. The molecular formula is C31H19N. The number of fused-ring (bicyclic) bond motifs is 5. The van der Waals surface area contributed by atoms with Crippen molar-refractivity contribution in [1.29, 1.82) is 0 Å². The maximum Gasteiger partial charge on any atom is 0.0795 e. The minimum Gasteiger partial charge on any atom is -0.247 e. The third-order valence-electron chi connectivity index (χ3n) is 6.62. The van der Waals surface area contributed by atoms with Crippen LogP contribution in [0, 0.1) is 20.9 Å². The molecular weight excluding hydrogens is 386 g/mol. The Labute approximate surface area is 185 Å². The fourth-order valence-electron chi connectivity index (χ4n) is 5.17. The Bertz CT molecular complexity index is 1850. The third kappa shape index (κ3) is 2.42. The molecule has 0 saturated carbocycles. The third-order valence-corrected chi connectivity index (χ3v) is 6.62. The van der Waals surface area contributed by atoms with Gasteiger partial charge in [-0.15, -0.1) is 0 Å². The van der Waals surface area contributed by atoms with Gasteiger partial charge >= 0.3 is 0 Å². The molecule has 1 heterocycles. The van der Waals surface area contributed by atoms with E-state index >= 15 is 0 Å². The SMILES string of the molecule is C1=c2c(-c3ccccc3)c(-c3ccccc3)ccc2=c2ccc3c(c21)N=c1ccccc1=3. The van der Waals surface area contributed by atoms with Gasteiger partial charge in [0.2, 0.25) is 0 Å². The molecule has 0 unspecified atom stereocenters. The fraction of sp³-hybridized carbons (Fsp3) is 0. The molecule has 0 atom stereocenters. The molecule has 0 aromatic heterocycles. The summed E-state index contributed by atoms with van der Waals surface area (Å²) in [5.74, 6) is 0. The number of rotatable bonds is 2. The van der Waals surface area contributed by atoms with Crippen LogP contribution in [0.15, 0.2) is 114 Å². The van der Waals surface area contributed by atoms with Gasteiger partial charge in [0.25, 0.3) is 0 Å². The van der Waals surface area contributed by atoms with E-state index < -0.39 is 0 Å². The van der Waals surface area contributed by atoms with Crippen molar-refractivity contribution < 1.29 is 0 Å². The Kier molecular flexibility index (Phi) is 3.62. The van der Waals surface area contributed by atoms with Gasteiger partial charge in [0.1, 0.15) is 0 Å². The van der Waals surface area contributed by atoms with Gasteiger partial charge in [0.15, 0.2) is 0 Å². The Balaban J connectivity index is 1.63. The van der Waals surface area contributed by atoms with E-state index in [1.807, 2.05) is 0 Å². The fourth-order valence-corrected chi connectivity index (χ4v) is 5.17. The maximum atomic E-state index is 5.02. The molecule has 0 fully saturated rings. The molecule has 0 radical (unpaired) electrons. The van der Waals surface area contributed by atoms with E-state index in [0.29, 0.717) is 0 Å². The molecule has 1 heteroatoms. The Hall–Kier alpha value is -4.23. The summed E-state index contributed by atoms with van der Waals surface area (Å²) in [5, 5.41) is 7.36. The normalized spacial score (nSPS) is 12.2. The van der Waals surface area contributed by atoms with Crippen molar-refractivity contribution in [2.45, 2.75) is 0 Å². The standard InChI is InChI=1S/C31H19N/c1-3-9-20(10-4-1)22-15-16-23-24-17-18-26-25-13-7-8-14-29(25)32-31(26)28(24)19-27(23)30(22)21-11-5-2-6-12-21/h1-19H. The first-order chi connectivity index (χ1) is 15.9. The molecule has 1 aliphatic heterocycles. The van der Waals surface area contributed by atoms with E-state index in [-0.39, 0.29) is 0 Å². The van der Waals surface area contributed by atoms with E-state index in [1.54, 1.807) is 0 Å². The van der Waals surface area contributed by atoms with Gasteiger partial charge < -0.3 is 0 Å². The van der Waals surface area contributed by atoms with Crippen LogP contribution in [0.1, 0.15) is 5.56 Å². The number of hydrogen-bond acceptors (Lipinski definition) is 1. The van der Waals surface area contributed by atoms with Crippen molar-refractivity contribution in [2.24, 2.45) is 4.99 Å². The minimum absolute atomic E-state index is 1.06. The van der Waals surface area contributed by atoms with E-state index in [4.69, 9.17) is 4.99 Å². The molecule has 7 rings (SSSR count). The molecule has 1 nitrogen and oxygen atoms in total. The van der Waals surface area contributed by atoms with E-state index in [0.717, 1.165) is 11.0 Å². The van der Waals surface area contributed by atoms with Crippen LogP contribution in [0.5, 0.6) is 0 Å². The maximum absolute atomic E-state index is 5.02. The number of benzene rings is 5. The van der Waals surface area contributed by atoms with E-state index in [2.05, 4.69) is 115 Å². The van der Waals surface area contributed by atoms with Gasteiger partial charge in [-0.25, -0.2) is 4.99 Å². The lowest BCUT2D eigenvalue weighted by Crippen LogP contribution is -2.07. The zero-order chi connectivity index (χ0) is 21.1. The zero-order valence-corrected chi connectivity index (χ0v) is 17.4. The van der Waals surface area contributed by atoms with Gasteiger partial charge in [-0.05, 0) is 50.1 Å². The van der Waals surface area contributed by atoms with Gasteiger partial charge in [0, 0.05) is 16.0 Å². The second kappa shape index (κ2) is 6.63. The van der Waals surface area contributed by atoms with Crippen LogP contribution in [-0.4, -0.2) is 0 Å². The van der Waals surface area contributed by atoms with Crippen LogP contribution in [0.25, 0.3) is 28.3 Å². The number of hydrogen-bond donors (Lipinski definition) is 0. The van der Waals surface area contributed by atoms with Crippen molar-refractivity contribution in [2.75, 3.05) is 0 Å². The first kappa shape index (κ1) is 17.5. The first-order valence-electron chi connectivity index (χ1n) is 11.0. The smallest absolute Gasteiger partial charge is 0.0795 e. The summed E-state index contributed by atoms with van der Waals surface area (Å²) in [5.41, 5.74) is 7.35. The highest BCUT2D eigenvalue weighted by Crippen LogP contribution is 2.33. The lowest BCUT2D eigenvalue weighted by Gasteiger charge is -2.11. The van der Waals surface area contributed by atoms with Crippen LogP contribution in [-0.2, 0) is 0 Å². The van der Waals surface area contributed by atoms with Crippen molar-refractivity contribution >= 4 is 11.8 Å². The molecule has 2 aliphatic rings. The summed E-state index contributed by atoms with van der Waals surface area (Å²) in [7, 11) is 0. The highest BCUT2D eigenvalue weighted by Gasteiger charge is 2.17. The average molecular weight is 406 g/mol. The van der Waals surface area contributed by atoms with Gasteiger partial charge in [0.05, 0.1) is 11.0 Å². The topological polar surface area (TPSA) is 12.4 Å². The number of para-hydroxylation sites is 1. The summed E-state index contributed by atoms with van der Waals surface area (Å²) >= 11 is 0. The molecule has 148 valence electrons. The predicted molar refractivity (Wildman–Crippen MR) is 130 cm³/mol. The van der Waals surface area contributed by atoms with Crippen LogP contribution >= 0.6 is 0 Å². The highest BCUT2D eigenvalue weighted by atomic mass is 14.7. The molecule has 5 aromatic carbocycles. The molecule has 0 bridgehead atoms. The Morgan fingerprint density at radius 3 is 1.94 bits per heavy atom. The summed E-state index contributed by atoms with van der Waals surface area (Å²) in [6.07, 6.45) is 2.35.